The Labute approximate surface area is 141 Å². The van der Waals surface area contributed by atoms with Crippen molar-refractivity contribution >= 4 is 11.8 Å². The number of likely N-dealkylation sites (tertiary alicyclic amines) is 1. The zero-order valence-corrected chi connectivity index (χ0v) is 14.3. The summed E-state index contributed by atoms with van der Waals surface area (Å²) in [6.07, 6.45) is -0.299. The van der Waals surface area contributed by atoms with E-state index in [0.29, 0.717) is 19.5 Å². The smallest absolute Gasteiger partial charge is 0.254 e. The van der Waals surface area contributed by atoms with Crippen LogP contribution in [0.5, 0.6) is 0 Å². The minimum atomic E-state index is -0.800. The number of aryl methyl sites for hydroxylation is 1. The van der Waals surface area contributed by atoms with E-state index in [9.17, 15) is 19.1 Å². The molecule has 1 aliphatic heterocycles. The molecule has 2 rings (SSSR count). The van der Waals surface area contributed by atoms with Crippen LogP contribution >= 0.6 is 0 Å². The number of amides is 2. The van der Waals surface area contributed by atoms with Gasteiger partial charge in [-0.2, -0.15) is 0 Å². The lowest BCUT2D eigenvalue weighted by Crippen LogP contribution is -2.55. The van der Waals surface area contributed by atoms with Crippen LogP contribution in [0.2, 0.25) is 0 Å². The summed E-state index contributed by atoms with van der Waals surface area (Å²) in [5, 5.41) is 12.9. The molecule has 1 heterocycles. The van der Waals surface area contributed by atoms with Gasteiger partial charge in [-0.3, -0.25) is 14.5 Å². The number of hydrogen-bond acceptors (Lipinski definition) is 4. The molecule has 132 valence electrons. The van der Waals surface area contributed by atoms with E-state index >= 15 is 0 Å². The number of carbonyl (C=O) groups excluding carboxylic acids is 2. The number of β-amino-alcohol motifs (C(OH)–C–C–N with tert-alkyl or cyclic N) is 1. The van der Waals surface area contributed by atoms with E-state index in [1.54, 1.807) is 27.1 Å². The second kappa shape index (κ2) is 7.72. The summed E-state index contributed by atoms with van der Waals surface area (Å²) >= 11 is 0. The molecule has 0 spiro atoms. The molecule has 0 saturated carbocycles. The van der Waals surface area contributed by atoms with Crippen molar-refractivity contribution < 1.29 is 19.1 Å². The molecule has 24 heavy (non-hydrogen) atoms. The molecular formula is C17H24FN3O3. The van der Waals surface area contributed by atoms with Crippen LogP contribution in [0.3, 0.4) is 0 Å². The third-order valence-electron chi connectivity index (χ3n) is 4.21. The molecule has 7 heteroatoms. The predicted molar refractivity (Wildman–Crippen MR) is 88.1 cm³/mol. The fraction of sp³-hybridized carbons (Fsp3) is 0.529. The number of halogens is 1. The highest BCUT2D eigenvalue weighted by molar-refractivity contribution is 5.94. The van der Waals surface area contributed by atoms with E-state index in [1.807, 2.05) is 4.90 Å². The summed E-state index contributed by atoms with van der Waals surface area (Å²) in [5.74, 6) is -1.14. The molecule has 0 radical (unpaired) electrons. The number of likely N-dealkylation sites (N-methyl/N-ethyl adjacent to an activating group) is 1. The minimum absolute atomic E-state index is 0.0296. The van der Waals surface area contributed by atoms with Gasteiger partial charge in [-0.25, -0.2) is 4.39 Å². The first kappa shape index (κ1) is 18.4. The van der Waals surface area contributed by atoms with Crippen molar-refractivity contribution in [1.29, 1.82) is 0 Å². The maximum atomic E-state index is 13.9. The number of benzene rings is 1. The normalized spacial score (nSPS) is 21.4. The van der Waals surface area contributed by atoms with Gasteiger partial charge in [-0.15, -0.1) is 0 Å². The first-order chi connectivity index (χ1) is 11.3. The van der Waals surface area contributed by atoms with Gasteiger partial charge in [-0.05, 0) is 31.0 Å². The number of hydrogen-bond donors (Lipinski definition) is 2. The molecule has 1 fully saturated rings. The van der Waals surface area contributed by atoms with Crippen LogP contribution in [0.4, 0.5) is 4.39 Å². The Morgan fingerprint density at radius 1 is 1.42 bits per heavy atom. The second-order valence-corrected chi connectivity index (χ2v) is 6.44. The van der Waals surface area contributed by atoms with Crippen LogP contribution in [0.25, 0.3) is 0 Å². The standard InChI is InChI=1S/C17H24FN3O3/c1-11-4-5-12(13(18)8-11)17(24)19-14-6-7-21(9-15(14)22)10-16(23)20(2)3/h4-5,8,14-15,22H,6-7,9-10H2,1-3H3,(H,19,24)/t14-,15-/m1/s1. The van der Waals surface area contributed by atoms with E-state index in [1.165, 1.54) is 17.0 Å². The largest absolute Gasteiger partial charge is 0.390 e. The van der Waals surface area contributed by atoms with Gasteiger partial charge in [0.1, 0.15) is 5.82 Å². The molecule has 1 aromatic carbocycles. The fourth-order valence-electron chi connectivity index (χ4n) is 2.69. The lowest BCUT2D eigenvalue weighted by atomic mass is 10.0. The number of piperidine rings is 1. The molecule has 0 aromatic heterocycles. The van der Waals surface area contributed by atoms with Gasteiger partial charge < -0.3 is 15.3 Å². The molecule has 2 N–H and O–H groups in total. The van der Waals surface area contributed by atoms with Crippen LogP contribution in [-0.2, 0) is 4.79 Å². The maximum absolute atomic E-state index is 13.9. The molecule has 6 nitrogen and oxygen atoms in total. The summed E-state index contributed by atoms with van der Waals surface area (Å²) in [6.45, 7) is 2.86. The Morgan fingerprint density at radius 2 is 2.12 bits per heavy atom. The summed E-state index contributed by atoms with van der Waals surface area (Å²) in [6, 6.07) is 3.96. The van der Waals surface area contributed by atoms with Crippen LogP contribution in [0, 0.1) is 12.7 Å². The van der Waals surface area contributed by atoms with Crippen molar-refractivity contribution in [1.82, 2.24) is 15.1 Å². The van der Waals surface area contributed by atoms with Crippen molar-refractivity contribution in [2.24, 2.45) is 0 Å². The highest BCUT2D eigenvalue weighted by Crippen LogP contribution is 2.14. The van der Waals surface area contributed by atoms with Gasteiger partial charge in [-0.1, -0.05) is 6.07 Å². The van der Waals surface area contributed by atoms with Gasteiger partial charge in [0.15, 0.2) is 0 Å². The first-order valence-electron chi connectivity index (χ1n) is 7.95. The quantitative estimate of drug-likeness (QED) is 0.834. The topological polar surface area (TPSA) is 72.9 Å². The van der Waals surface area contributed by atoms with Gasteiger partial charge in [0.25, 0.3) is 5.91 Å². The van der Waals surface area contributed by atoms with Gasteiger partial charge >= 0.3 is 0 Å². The molecule has 1 saturated heterocycles. The maximum Gasteiger partial charge on any atom is 0.254 e. The van der Waals surface area contributed by atoms with E-state index in [4.69, 9.17) is 0 Å². The van der Waals surface area contributed by atoms with E-state index in [2.05, 4.69) is 5.32 Å². The Hall–Kier alpha value is -1.99. The Balaban J connectivity index is 1.92. The van der Waals surface area contributed by atoms with Crippen LogP contribution in [0.15, 0.2) is 18.2 Å². The molecule has 0 unspecified atom stereocenters. The highest BCUT2D eigenvalue weighted by Gasteiger charge is 2.30. The molecular weight excluding hydrogens is 313 g/mol. The zero-order valence-electron chi connectivity index (χ0n) is 14.3. The van der Waals surface area contributed by atoms with Gasteiger partial charge in [0.2, 0.25) is 5.91 Å². The number of rotatable bonds is 4. The third kappa shape index (κ3) is 4.52. The first-order valence-corrected chi connectivity index (χ1v) is 7.95. The molecule has 1 aromatic rings. The number of aliphatic hydroxyl groups is 1. The van der Waals surface area contributed by atoms with Crippen molar-refractivity contribution in [3.8, 4) is 0 Å². The molecule has 2 atom stereocenters. The van der Waals surface area contributed by atoms with Crippen molar-refractivity contribution in [3.63, 3.8) is 0 Å². The second-order valence-electron chi connectivity index (χ2n) is 6.44. The van der Waals surface area contributed by atoms with E-state index < -0.39 is 23.9 Å². The lowest BCUT2D eigenvalue weighted by molar-refractivity contribution is -0.130. The third-order valence-corrected chi connectivity index (χ3v) is 4.21. The number of carbonyl (C=O) groups is 2. The Kier molecular flexibility index (Phi) is 5.90. The average molecular weight is 337 g/mol. The number of nitrogens with one attached hydrogen (secondary N) is 1. The summed E-state index contributed by atoms with van der Waals surface area (Å²) in [5.41, 5.74) is 0.709. The van der Waals surface area contributed by atoms with Crippen LogP contribution in [-0.4, -0.2) is 72.6 Å². The summed E-state index contributed by atoms with van der Waals surface area (Å²) in [4.78, 5) is 27.3. The molecule has 0 aliphatic carbocycles. The Morgan fingerprint density at radius 3 is 2.71 bits per heavy atom. The van der Waals surface area contributed by atoms with Gasteiger partial charge in [0.05, 0.1) is 24.3 Å². The number of nitrogens with zero attached hydrogens (tertiary/aromatic N) is 2. The Bertz CT molecular complexity index is 621. The lowest BCUT2D eigenvalue weighted by Gasteiger charge is -2.36. The SMILES string of the molecule is Cc1ccc(C(=O)N[C@@H]2CCN(CC(=O)N(C)C)C[C@H]2O)c(F)c1. The molecule has 2 amide bonds. The summed E-state index contributed by atoms with van der Waals surface area (Å²) in [7, 11) is 3.36. The van der Waals surface area contributed by atoms with Crippen molar-refractivity contribution in [2.75, 3.05) is 33.7 Å². The summed E-state index contributed by atoms with van der Waals surface area (Å²) < 4.78 is 13.9. The molecule has 1 aliphatic rings. The fourth-order valence-corrected chi connectivity index (χ4v) is 2.69. The zero-order chi connectivity index (χ0) is 17.9. The number of aliphatic hydroxyl groups excluding tert-OH is 1. The monoisotopic (exact) mass is 337 g/mol. The van der Waals surface area contributed by atoms with Gasteiger partial charge in [0, 0.05) is 27.2 Å². The van der Waals surface area contributed by atoms with Crippen LogP contribution < -0.4 is 5.32 Å². The minimum Gasteiger partial charge on any atom is -0.390 e. The average Bonchev–Trinajstić information content (AvgIpc) is 2.49. The predicted octanol–water partition coefficient (Wildman–Crippen LogP) is 0.387. The highest BCUT2D eigenvalue weighted by atomic mass is 19.1. The van der Waals surface area contributed by atoms with Crippen LogP contribution in [0.1, 0.15) is 22.3 Å². The molecule has 0 bridgehead atoms. The van der Waals surface area contributed by atoms with Crippen molar-refractivity contribution in [2.45, 2.75) is 25.5 Å². The van der Waals surface area contributed by atoms with E-state index in [0.717, 1.165) is 5.56 Å². The van der Waals surface area contributed by atoms with E-state index in [-0.39, 0.29) is 18.0 Å². The van der Waals surface area contributed by atoms with Crippen molar-refractivity contribution in [3.05, 3.63) is 35.1 Å².